The van der Waals surface area contributed by atoms with E-state index in [-0.39, 0.29) is 12.3 Å². The number of aliphatic hydroxyl groups excluding tert-OH is 1. The quantitative estimate of drug-likeness (QED) is 0.136. The van der Waals surface area contributed by atoms with Gasteiger partial charge in [-0.2, -0.15) is 0 Å². The van der Waals surface area contributed by atoms with Crippen LogP contribution in [0, 0.1) is 5.92 Å². The van der Waals surface area contributed by atoms with Gasteiger partial charge in [-0.3, -0.25) is 19.2 Å². The molecular formula is C19H31N7O7. The fourth-order valence-electron chi connectivity index (χ4n) is 2.82. The molecule has 0 spiro atoms. The molecule has 4 amide bonds. The molecule has 0 aliphatic rings. The van der Waals surface area contributed by atoms with Gasteiger partial charge in [-0.25, -0.2) is 9.78 Å². The zero-order chi connectivity index (χ0) is 25.1. The smallest absolute Gasteiger partial charge is 0.328 e. The van der Waals surface area contributed by atoms with Gasteiger partial charge in [0.15, 0.2) is 0 Å². The highest BCUT2D eigenvalue weighted by molar-refractivity contribution is 5.96. The lowest BCUT2D eigenvalue weighted by atomic mass is 9.97. The topological polar surface area (TPSA) is 243 Å². The van der Waals surface area contributed by atoms with Crippen LogP contribution in [-0.4, -0.2) is 80.6 Å². The Hall–Kier alpha value is -3.52. The summed E-state index contributed by atoms with van der Waals surface area (Å²) in [5.41, 5.74) is 11.7. The standard InChI is InChI=1S/C19H31N7O7/c1-3-9(2)15(26-16(29)11(20)4-10-6-22-8-23-10)18(31)24-12(5-14(21)28)17(30)25-13(7-27)19(32)33/h6,8-9,11-13,15,27H,3-5,7,20H2,1-2H3,(H2,21,28)(H,22,23)(H,24,31)(H,25,30)(H,26,29)(H,32,33). The number of carbonyl (C=O) groups excluding carboxylic acids is 4. The van der Waals surface area contributed by atoms with Crippen LogP contribution in [0.2, 0.25) is 0 Å². The Labute approximate surface area is 189 Å². The molecule has 5 atom stereocenters. The van der Waals surface area contributed by atoms with Gasteiger partial charge in [0.1, 0.15) is 18.1 Å². The Bertz CT molecular complexity index is 830. The minimum atomic E-state index is -1.64. The summed E-state index contributed by atoms with van der Waals surface area (Å²) < 4.78 is 0. The number of nitrogens with one attached hydrogen (secondary N) is 4. The molecule has 0 radical (unpaired) electrons. The van der Waals surface area contributed by atoms with Crippen LogP contribution >= 0.6 is 0 Å². The summed E-state index contributed by atoms with van der Waals surface area (Å²) in [6.07, 6.45) is 2.94. The highest BCUT2D eigenvalue weighted by Gasteiger charge is 2.33. The zero-order valence-corrected chi connectivity index (χ0v) is 18.4. The van der Waals surface area contributed by atoms with E-state index in [0.29, 0.717) is 12.1 Å². The first-order valence-corrected chi connectivity index (χ1v) is 10.3. The number of carboxylic acid groups (broad SMARTS) is 1. The van der Waals surface area contributed by atoms with Crippen molar-refractivity contribution in [3.05, 3.63) is 18.2 Å². The molecule has 1 aromatic rings. The van der Waals surface area contributed by atoms with Crippen molar-refractivity contribution in [1.29, 1.82) is 0 Å². The van der Waals surface area contributed by atoms with Crippen LogP contribution in [0.25, 0.3) is 0 Å². The average Bonchev–Trinajstić information content (AvgIpc) is 3.26. The highest BCUT2D eigenvalue weighted by Crippen LogP contribution is 2.10. The number of imidazole rings is 1. The number of nitrogens with zero attached hydrogens (tertiary/aromatic N) is 1. The van der Waals surface area contributed by atoms with Gasteiger partial charge in [-0.15, -0.1) is 0 Å². The zero-order valence-electron chi connectivity index (χ0n) is 18.4. The fraction of sp³-hybridized carbons (Fsp3) is 0.579. The Balaban J connectivity index is 2.95. The second kappa shape index (κ2) is 13.1. The molecule has 0 saturated heterocycles. The van der Waals surface area contributed by atoms with Crippen molar-refractivity contribution in [2.45, 2.75) is 57.3 Å². The largest absolute Gasteiger partial charge is 0.480 e. The molecule has 1 aromatic heterocycles. The normalized spacial score (nSPS) is 15.4. The maximum atomic E-state index is 12.9. The van der Waals surface area contributed by atoms with Crippen LogP contribution < -0.4 is 27.4 Å². The van der Waals surface area contributed by atoms with Gasteiger partial charge in [-0.1, -0.05) is 20.3 Å². The molecule has 0 fully saturated rings. The van der Waals surface area contributed by atoms with E-state index in [2.05, 4.69) is 20.6 Å². The Morgan fingerprint density at radius 3 is 2.21 bits per heavy atom. The number of hydrogen-bond acceptors (Lipinski definition) is 8. The van der Waals surface area contributed by atoms with Crippen molar-refractivity contribution in [2.24, 2.45) is 17.4 Å². The molecule has 0 aliphatic carbocycles. The third kappa shape index (κ3) is 8.86. The van der Waals surface area contributed by atoms with E-state index in [4.69, 9.17) is 21.7 Å². The summed E-state index contributed by atoms with van der Waals surface area (Å²) >= 11 is 0. The molecule has 14 nitrogen and oxygen atoms in total. The molecule has 1 heterocycles. The van der Waals surface area contributed by atoms with E-state index < -0.39 is 66.8 Å². The molecule has 0 aliphatic heterocycles. The van der Waals surface area contributed by atoms with E-state index in [0.717, 1.165) is 0 Å². The maximum absolute atomic E-state index is 12.9. The van der Waals surface area contributed by atoms with Gasteiger partial charge in [0.05, 0.1) is 25.4 Å². The molecule has 0 aromatic carbocycles. The van der Waals surface area contributed by atoms with Crippen molar-refractivity contribution in [3.63, 3.8) is 0 Å². The van der Waals surface area contributed by atoms with E-state index in [9.17, 15) is 24.0 Å². The Morgan fingerprint density at radius 1 is 1.09 bits per heavy atom. The third-order valence-electron chi connectivity index (χ3n) is 4.96. The number of rotatable bonds is 14. The molecule has 0 bridgehead atoms. The van der Waals surface area contributed by atoms with Gasteiger partial charge in [0.25, 0.3) is 0 Å². The minimum absolute atomic E-state index is 0.144. The number of H-pyrrole nitrogens is 1. The number of aliphatic carboxylic acids is 1. The summed E-state index contributed by atoms with van der Waals surface area (Å²) in [6, 6.07) is -5.26. The van der Waals surface area contributed by atoms with Gasteiger partial charge in [0.2, 0.25) is 23.6 Å². The predicted octanol–water partition coefficient (Wildman–Crippen LogP) is -3.27. The van der Waals surface area contributed by atoms with Crippen LogP contribution in [0.1, 0.15) is 32.4 Å². The summed E-state index contributed by atoms with van der Waals surface area (Å²) in [4.78, 5) is 67.0. The Kier molecular flexibility index (Phi) is 10.9. The fourth-order valence-corrected chi connectivity index (χ4v) is 2.82. The van der Waals surface area contributed by atoms with Crippen molar-refractivity contribution in [1.82, 2.24) is 25.9 Å². The number of nitrogens with two attached hydrogens (primary N) is 2. The van der Waals surface area contributed by atoms with E-state index >= 15 is 0 Å². The summed E-state index contributed by atoms with van der Waals surface area (Å²) in [6.45, 7) is 2.58. The second-order valence-electron chi connectivity index (χ2n) is 7.57. The second-order valence-corrected chi connectivity index (χ2v) is 7.57. The number of aromatic amines is 1. The van der Waals surface area contributed by atoms with Crippen molar-refractivity contribution in [3.8, 4) is 0 Å². The van der Waals surface area contributed by atoms with E-state index in [1.165, 1.54) is 12.5 Å². The number of aliphatic hydroxyl groups is 1. The number of carboxylic acids is 1. The third-order valence-corrected chi connectivity index (χ3v) is 4.96. The monoisotopic (exact) mass is 469 g/mol. The lowest BCUT2D eigenvalue weighted by molar-refractivity contribution is -0.143. The van der Waals surface area contributed by atoms with Crippen LogP contribution in [0.3, 0.4) is 0 Å². The van der Waals surface area contributed by atoms with Crippen LogP contribution in [0.15, 0.2) is 12.5 Å². The number of amides is 4. The van der Waals surface area contributed by atoms with Gasteiger partial charge in [-0.05, 0) is 5.92 Å². The summed E-state index contributed by atoms with van der Waals surface area (Å²) in [5, 5.41) is 25.0. The molecule has 14 heteroatoms. The van der Waals surface area contributed by atoms with Gasteiger partial charge in [0, 0.05) is 18.3 Å². The molecule has 0 saturated carbocycles. The molecule has 33 heavy (non-hydrogen) atoms. The first-order chi connectivity index (χ1) is 15.5. The molecule has 1 rings (SSSR count). The first-order valence-electron chi connectivity index (χ1n) is 10.3. The summed E-state index contributed by atoms with van der Waals surface area (Å²) in [7, 11) is 0. The predicted molar refractivity (Wildman–Crippen MR) is 114 cm³/mol. The van der Waals surface area contributed by atoms with Crippen LogP contribution in [-0.2, 0) is 30.4 Å². The number of carbonyl (C=O) groups is 5. The minimum Gasteiger partial charge on any atom is -0.480 e. The molecule has 5 unspecified atom stereocenters. The van der Waals surface area contributed by atoms with Gasteiger partial charge >= 0.3 is 5.97 Å². The van der Waals surface area contributed by atoms with Crippen molar-refractivity contribution < 1.29 is 34.2 Å². The van der Waals surface area contributed by atoms with Crippen LogP contribution in [0.4, 0.5) is 0 Å². The SMILES string of the molecule is CCC(C)C(NC(=O)C(N)Cc1cnc[nH]1)C(=O)NC(CC(N)=O)C(=O)NC(CO)C(=O)O. The van der Waals surface area contributed by atoms with Gasteiger partial charge < -0.3 is 42.6 Å². The lowest BCUT2D eigenvalue weighted by Gasteiger charge is -2.27. The number of aromatic nitrogens is 2. The Morgan fingerprint density at radius 2 is 1.73 bits per heavy atom. The van der Waals surface area contributed by atoms with E-state index in [1.807, 2.05) is 5.32 Å². The molecule has 10 N–H and O–H groups in total. The van der Waals surface area contributed by atoms with E-state index in [1.54, 1.807) is 13.8 Å². The molecular weight excluding hydrogens is 438 g/mol. The van der Waals surface area contributed by atoms with Crippen molar-refractivity contribution >= 4 is 29.6 Å². The number of primary amides is 1. The maximum Gasteiger partial charge on any atom is 0.328 e. The first kappa shape index (κ1) is 27.5. The average molecular weight is 469 g/mol. The summed E-state index contributed by atoms with van der Waals surface area (Å²) in [5.74, 6) is -5.26. The highest BCUT2D eigenvalue weighted by atomic mass is 16.4. The van der Waals surface area contributed by atoms with Crippen molar-refractivity contribution in [2.75, 3.05) is 6.61 Å². The lowest BCUT2D eigenvalue weighted by Crippen LogP contribution is -2.59. The number of hydrogen-bond donors (Lipinski definition) is 8. The van der Waals surface area contributed by atoms with Crippen LogP contribution in [0.5, 0.6) is 0 Å². The molecule has 184 valence electrons.